The van der Waals surface area contributed by atoms with Gasteiger partial charge in [-0.15, -0.1) is 0 Å². The number of nitrogens with zero attached hydrogens (tertiary/aromatic N) is 1. The second kappa shape index (κ2) is 6.47. The highest BCUT2D eigenvalue weighted by Crippen LogP contribution is 2.21. The average Bonchev–Trinajstić information content (AvgIpc) is 2.45. The van der Waals surface area contributed by atoms with Crippen molar-refractivity contribution in [3.63, 3.8) is 0 Å². The minimum Gasteiger partial charge on any atom is -0.347 e. The summed E-state index contributed by atoms with van der Waals surface area (Å²) in [7, 11) is 0. The molecule has 6 heteroatoms. The summed E-state index contributed by atoms with van der Waals surface area (Å²) in [4.78, 5) is 15.9. The number of amides is 1. The van der Waals surface area contributed by atoms with Gasteiger partial charge in [0.1, 0.15) is 0 Å². The monoisotopic (exact) mass is 268 g/mol. The number of hydrazine groups is 1. The number of hydrogen-bond donors (Lipinski definition) is 3. The van der Waals surface area contributed by atoms with E-state index in [1.807, 2.05) is 20.8 Å². The van der Waals surface area contributed by atoms with E-state index in [0.717, 1.165) is 19.3 Å². The highest BCUT2D eigenvalue weighted by molar-refractivity contribution is 5.95. The molecule has 0 aliphatic carbocycles. The number of carbonyl (C=O) groups is 1. The molecule has 1 rings (SSSR count). The summed E-state index contributed by atoms with van der Waals surface area (Å²) in [5, 5.41) is 2.91. The first-order chi connectivity index (χ1) is 9.03. The normalized spacial score (nSPS) is 11.2. The van der Waals surface area contributed by atoms with Crippen molar-refractivity contribution in [1.29, 1.82) is 0 Å². The van der Waals surface area contributed by atoms with Crippen LogP contribution in [0.1, 0.15) is 50.4 Å². The first-order valence-corrected chi connectivity index (χ1v) is 6.47. The van der Waals surface area contributed by atoms with Crippen molar-refractivity contribution < 1.29 is 9.18 Å². The van der Waals surface area contributed by atoms with E-state index in [0.29, 0.717) is 0 Å². The molecule has 5 nitrogen and oxygen atoms in total. The zero-order valence-corrected chi connectivity index (χ0v) is 11.6. The molecule has 0 aromatic carbocycles. The van der Waals surface area contributed by atoms with Crippen LogP contribution in [0.2, 0.25) is 0 Å². The van der Waals surface area contributed by atoms with E-state index >= 15 is 0 Å². The fraction of sp³-hybridized carbons (Fsp3) is 0.538. The number of carbonyl (C=O) groups excluding carboxylic acids is 1. The number of anilines is 1. The van der Waals surface area contributed by atoms with Crippen molar-refractivity contribution in [3.8, 4) is 0 Å². The lowest BCUT2D eigenvalue weighted by atomic mass is 9.89. The first kappa shape index (κ1) is 15.4. The SMILES string of the molecule is CCC(CC)(CC)NC(=O)c1ccnc(NN)c1F. The second-order valence-electron chi connectivity index (χ2n) is 4.46. The fourth-order valence-electron chi connectivity index (χ4n) is 2.04. The smallest absolute Gasteiger partial charge is 0.254 e. The van der Waals surface area contributed by atoms with Gasteiger partial charge in [-0.05, 0) is 25.3 Å². The number of rotatable bonds is 6. The molecule has 0 fully saturated rings. The number of pyridine rings is 1. The summed E-state index contributed by atoms with van der Waals surface area (Å²) in [6.45, 7) is 6.01. The number of nitrogens with one attached hydrogen (secondary N) is 2. The van der Waals surface area contributed by atoms with E-state index in [4.69, 9.17) is 5.84 Å². The summed E-state index contributed by atoms with van der Waals surface area (Å²) >= 11 is 0. The standard InChI is InChI=1S/C13H21FN4O/c1-4-13(5-2,6-3)17-12(19)9-7-8-16-11(18-15)10(9)14/h7-8H,4-6,15H2,1-3H3,(H,16,18)(H,17,19). The predicted molar refractivity (Wildman–Crippen MR) is 73.1 cm³/mol. The summed E-state index contributed by atoms with van der Waals surface area (Å²) in [5.74, 6) is 3.83. The van der Waals surface area contributed by atoms with E-state index in [-0.39, 0.29) is 16.9 Å². The van der Waals surface area contributed by atoms with Crippen LogP contribution in [0, 0.1) is 5.82 Å². The lowest BCUT2D eigenvalue weighted by Crippen LogP contribution is -2.47. The van der Waals surface area contributed by atoms with Gasteiger partial charge >= 0.3 is 0 Å². The summed E-state index contributed by atoms with van der Waals surface area (Å²) in [6.07, 6.45) is 3.72. The number of nitrogen functional groups attached to an aromatic ring is 1. The fourth-order valence-corrected chi connectivity index (χ4v) is 2.04. The van der Waals surface area contributed by atoms with Gasteiger partial charge < -0.3 is 10.7 Å². The largest absolute Gasteiger partial charge is 0.347 e. The number of hydrogen-bond acceptors (Lipinski definition) is 4. The molecule has 0 unspecified atom stereocenters. The van der Waals surface area contributed by atoms with Crippen LogP contribution in [0.3, 0.4) is 0 Å². The molecule has 0 spiro atoms. The number of aromatic nitrogens is 1. The van der Waals surface area contributed by atoms with Crippen molar-refractivity contribution in [1.82, 2.24) is 10.3 Å². The maximum Gasteiger partial charge on any atom is 0.254 e. The zero-order chi connectivity index (χ0) is 14.5. The van der Waals surface area contributed by atoms with Gasteiger partial charge in [0.25, 0.3) is 5.91 Å². The minimum atomic E-state index is -0.736. The topological polar surface area (TPSA) is 80.0 Å². The van der Waals surface area contributed by atoms with Crippen LogP contribution < -0.4 is 16.6 Å². The van der Waals surface area contributed by atoms with Crippen molar-refractivity contribution in [2.24, 2.45) is 5.84 Å². The number of halogens is 1. The van der Waals surface area contributed by atoms with Gasteiger partial charge in [0.2, 0.25) is 0 Å². The maximum absolute atomic E-state index is 13.9. The molecular formula is C13H21FN4O. The average molecular weight is 268 g/mol. The molecule has 1 amide bonds. The Morgan fingerprint density at radius 3 is 2.42 bits per heavy atom. The lowest BCUT2D eigenvalue weighted by Gasteiger charge is -2.31. The van der Waals surface area contributed by atoms with E-state index in [2.05, 4.69) is 15.7 Å². The van der Waals surface area contributed by atoms with E-state index < -0.39 is 11.7 Å². The molecule has 0 aliphatic heterocycles. The Labute approximate surface area is 112 Å². The molecule has 1 heterocycles. The Morgan fingerprint density at radius 2 is 1.95 bits per heavy atom. The third kappa shape index (κ3) is 3.20. The van der Waals surface area contributed by atoms with Crippen LogP contribution in [0.4, 0.5) is 10.2 Å². The predicted octanol–water partition coefficient (Wildman–Crippen LogP) is 2.20. The van der Waals surface area contributed by atoms with Crippen LogP contribution in [0.5, 0.6) is 0 Å². The van der Waals surface area contributed by atoms with Gasteiger partial charge in [-0.3, -0.25) is 4.79 Å². The second-order valence-corrected chi connectivity index (χ2v) is 4.46. The summed E-state index contributed by atoms with van der Waals surface area (Å²) < 4.78 is 13.9. The van der Waals surface area contributed by atoms with Crippen molar-refractivity contribution in [2.45, 2.75) is 45.6 Å². The molecule has 19 heavy (non-hydrogen) atoms. The molecule has 0 aliphatic rings. The molecule has 0 bridgehead atoms. The van der Waals surface area contributed by atoms with Gasteiger partial charge in [-0.1, -0.05) is 20.8 Å². The van der Waals surface area contributed by atoms with Gasteiger partial charge in [0.05, 0.1) is 5.56 Å². The zero-order valence-electron chi connectivity index (χ0n) is 11.6. The summed E-state index contributed by atoms with van der Waals surface area (Å²) in [5.41, 5.74) is 1.77. The molecule has 1 aromatic heterocycles. The van der Waals surface area contributed by atoms with Crippen LogP contribution in [0.25, 0.3) is 0 Å². The van der Waals surface area contributed by atoms with E-state index in [9.17, 15) is 9.18 Å². The molecule has 106 valence electrons. The van der Waals surface area contributed by atoms with Gasteiger partial charge in [0, 0.05) is 11.7 Å². The van der Waals surface area contributed by atoms with Gasteiger partial charge in [0.15, 0.2) is 11.6 Å². The molecule has 0 atom stereocenters. The van der Waals surface area contributed by atoms with Crippen LogP contribution in [-0.4, -0.2) is 16.4 Å². The molecule has 1 aromatic rings. The highest BCUT2D eigenvalue weighted by Gasteiger charge is 2.27. The third-order valence-electron chi connectivity index (χ3n) is 3.68. The van der Waals surface area contributed by atoms with Gasteiger partial charge in [-0.2, -0.15) is 0 Å². The number of nitrogens with two attached hydrogens (primary N) is 1. The van der Waals surface area contributed by atoms with E-state index in [1.54, 1.807) is 0 Å². The van der Waals surface area contributed by atoms with Crippen LogP contribution in [-0.2, 0) is 0 Å². The van der Waals surface area contributed by atoms with Crippen molar-refractivity contribution >= 4 is 11.7 Å². The third-order valence-corrected chi connectivity index (χ3v) is 3.68. The Kier molecular flexibility index (Phi) is 5.23. The quantitative estimate of drug-likeness (QED) is 0.546. The highest BCUT2D eigenvalue weighted by atomic mass is 19.1. The molecule has 0 saturated heterocycles. The minimum absolute atomic E-state index is 0.0531. The molecular weight excluding hydrogens is 247 g/mol. The molecule has 4 N–H and O–H groups in total. The van der Waals surface area contributed by atoms with E-state index in [1.165, 1.54) is 12.3 Å². The summed E-state index contributed by atoms with van der Waals surface area (Å²) in [6, 6.07) is 1.34. The van der Waals surface area contributed by atoms with Gasteiger partial charge in [-0.25, -0.2) is 15.2 Å². The maximum atomic E-state index is 13.9. The van der Waals surface area contributed by atoms with Crippen LogP contribution in [0.15, 0.2) is 12.3 Å². The lowest BCUT2D eigenvalue weighted by molar-refractivity contribution is 0.0884. The van der Waals surface area contributed by atoms with Crippen molar-refractivity contribution in [2.75, 3.05) is 5.43 Å². The van der Waals surface area contributed by atoms with Crippen molar-refractivity contribution in [3.05, 3.63) is 23.6 Å². The first-order valence-electron chi connectivity index (χ1n) is 6.47. The Bertz CT molecular complexity index is 438. The Hall–Kier alpha value is -1.69. The molecule has 0 radical (unpaired) electrons. The van der Waals surface area contributed by atoms with Crippen LogP contribution >= 0.6 is 0 Å². The molecule has 0 saturated carbocycles. The Balaban J connectivity index is 3.01. The Morgan fingerprint density at radius 1 is 1.37 bits per heavy atom.